The van der Waals surface area contributed by atoms with Crippen molar-refractivity contribution < 1.29 is 0 Å². The lowest BCUT2D eigenvalue weighted by atomic mass is 9.95. The number of benzene rings is 1. The van der Waals surface area contributed by atoms with Crippen LogP contribution in [0.1, 0.15) is 50.1 Å². The fraction of sp³-hybridized carbons (Fsp3) is 0.316. The summed E-state index contributed by atoms with van der Waals surface area (Å²) in [5.74, 6) is 6.77. The van der Waals surface area contributed by atoms with Crippen molar-refractivity contribution in [1.29, 1.82) is 0 Å². The summed E-state index contributed by atoms with van der Waals surface area (Å²) in [4.78, 5) is 4.80. The van der Waals surface area contributed by atoms with Gasteiger partial charge in [0.05, 0.1) is 11.4 Å². The monoisotopic (exact) mass is 263 g/mol. The van der Waals surface area contributed by atoms with E-state index in [1.54, 1.807) is 0 Å². The Kier molecular flexibility index (Phi) is 4.58. The van der Waals surface area contributed by atoms with E-state index < -0.39 is 0 Å². The van der Waals surface area contributed by atoms with Crippen molar-refractivity contribution in [2.45, 2.75) is 40.0 Å². The predicted octanol–water partition coefficient (Wildman–Crippen LogP) is 4.94. The molecule has 102 valence electrons. The van der Waals surface area contributed by atoms with Crippen LogP contribution in [0.4, 0.5) is 0 Å². The maximum absolute atomic E-state index is 4.80. The minimum atomic E-state index is 0.400. The van der Waals surface area contributed by atoms with Gasteiger partial charge in [-0.2, -0.15) is 0 Å². The molecule has 0 atom stereocenters. The first kappa shape index (κ1) is 14.3. The molecule has 0 saturated heterocycles. The molecule has 1 aromatic carbocycles. The highest BCUT2D eigenvalue weighted by Gasteiger charge is 2.12. The van der Waals surface area contributed by atoms with Crippen LogP contribution in [-0.4, -0.2) is 4.98 Å². The van der Waals surface area contributed by atoms with Crippen molar-refractivity contribution in [2.24, 2.45) is 0 Å². The second-order valence-electron chi connectivity index (χ2n) is 5.23. The molecule has 0 radical (unpaired) electrons. The van der Waals surface area contributed by atoms with E-state index in [2.05, 4.69) is 62.9 Å². The molecule has 0 aliphatic heterocycles. The Morgan fingerprint density at radius 3 is 2.45 bits per heavy atom. The van der Waals surface area contributed by atoms with Gasteiger partial charge in [-0.05, 0) is 24.5 Å². The number of aryl methyl sites for hydroxylation is 1. The van der Waals surface area contributed by atoms with E-state index in [0.29, 0.717) is 5.92 Å². The topological polar surface area (TPSA) is 12.9 Å². The Hall–Kier alpha value is -2.07. The summed E-state index contributed by atoms with van der Waals surface area (Å²) in [6.45, 7) is 8.48. The molecule has 0 amide bonds. The zero-order valence-electron chi connectivity index (χ0n) is 12.7. The smallest absolute Gasteiger partial charge is 0.0532 e. The fourth-order valence-corrected chi connectivity index (χ4v) is 2.22. The molecule has 20 heavy (non-hydrogen) atoms. The van der Waals surface area contributed by atoms with Crippen molar-refractivity contribution in [3.05, 3.63) is 53.3 Å². The lowest BCUT2D eigenvalue weighted by Gasteiger charge is -2.14. The van der Waals surface area contributed by atoms with Gasteiger partial charge < -0.3 is 0 Å². The van der Waals surface area contributed by atoms with Crippen molar-refractivity contribution in [2.75, 3.05) is 0 Å². The van der Waals surface area contributed by atoms with Crippen LogP contribution < -0.4 is 0 Å². The van der Waals surface area contributed by atoms with Crippen LogP contribution in [0.5, 0.6) is 0 Å². The third kappa shape index (κ3) is 3.08. The molecule has 0 spiro atoms. The van der Waals surface area contributed by atoms with E-state index in [0.717, 1.165) is 23.4 Å². The molecule has 2 rings (SSSR count). The normalized spacial score (nSPS) is 10.2. The van der Waals surface area contributed by atoms with Crippen LogP contribution in [0, 0.1) is 18.8 Å². The van der Waals surface area contributed by atoms with Crippen LogP contribution in [0.3, 0.4) is 0 Å². The first-order valence-electron chi connectivity index (χ1n) is 7.19. The Balaban J connectivity index is 2.63. The molecule has 1 heteroatoms. The van der Waals surface area contributed by atoms with Crippen molar-refractivity contribution in [3.63, 3.8) is 0 Å². The van der Waals surface area contributed by atoms with Gasteiger partial charge in [0.15, 0.2) is 0 Å². The van der Waals surface area contributed by atoms with Crippen LogP contribution in [0.25, 0.3) is 11.1 Å². The summed E-state index contributed by atoms with van der Waals surface area (Å²) in [6, 6.07) is 12.6. The van der Waals surface area contributed by atoms with Gasteiger partial charge in [-0.1, -0.05) is 62.9 Å². The minimum Gasteiger partial charge on any atom is -0.256 e. The van der Waals surface area contributed by atoms with E-state index in [9.17, 15) is 0 Å². The third-order valence-corrected chi connectivity index (χ3v) is 3.27. The van der Waals surface area contributed by atoms with E-state index >= 15 is 0 Å². The standard InChI is InChI=1S/C19H21N/c1-5-6-10-17-13-18(16-11-8-7-9-12-16)19(14(2)3)20-15(17)4/h7-9,11-14H,5H2,1-4H3. The molecule has 0 saturated carbocycles. The number of nitrogens with zero attached hydrogens (tertiary/aromatic N) is 1. The maximum Gasteiger partial charge on any atom is 0.0532 e. The highest BCUT2D eigenvalue weighted by Crippen LogP contribution is 2.29. The first-order valence-corrected chi connectivity index (χ1v) is 7.19. The largest absolute Gasteiger partial charge is 0.256 e. The summed E-state index contributed by atoms with van der Waals surface area (Å²) < 4.78 is 0. The van der Waals surface area contributed by atoms with Crippen molar-refractivity contribution in [3.8, 4) is 23.0 Å². The van der Waals surface area contributed by atoms with E-state index in [1.807, 2.05) is 13.0 Å². The van der Waals surface area contributed by atoms with E-state index in [-0.39, 0.29) is 0 Å². The number of hydrogen-bond acceptors (Lipinski definition) is 1. The zero-order chi connectivity index (χ0) is 14.5. The molecule has 0 bridgehead atoms. The van der Waals surface area contributed by atoms with Gasteiger partial charge in [-0.25, -0.2) is 0 Å². The number of rotatable bonds is 2. The highest BCUT2D eigenvalue weighted by atomic mass is 14.7. The Morgan fingerprint density at radius 2 is 1.85 bits per heavy atom. The summed E-state index contributed by atoms with van der Waals surface area (Å²) in [6.07, 6.45) is 0.867. The molecule has 1 heterocycles. The lowest BCUT2D eigenvalue weighted by Crippen LogP contribution is -2.01. The fourth-order valence-electron chi connectivity index (χ4n) is 2.22. The van der Waals surface area contributed by atoms with Crippen molar-refractivity contribution in [1.82, 2.24) is 4.98 Å². The SMILES string of the molecule is CCC#Cc1cc(-c2ccccc2)c(C(C)C)nc1C. The summed E-state index contributed by atoms with van der Waals surface area (Å²) in [7, 11) is 0. The molecule has 0 aliphatic rings. The molecule has 0 aliphatic carbocycles. The molecular weight excluding hydrogens is 242 g/mol. The van der Waals surface area contributed by atoms with Gasteiger partial charge in [0.2, 0.25) is 0 Å². The van der Waals surface area contributed by atoms with Gasteiger partial charge in [-0.15, -0.1) is 0 Å². The Labute approximate surface area is 122 Å². The lowest BCUT2D eigenvalue weighted by molar-refractivity contribution is 0.817. The molecular formula is C19H21N. The van der Waals surface area contributed by atoms with Crippen LogP contribution >= 0.6 is 0 Å². The molecule has 2 aromatic rings. The molecule has 0 fully saturated rings. The van der Waals surface area contributed by atoms with Crippen molar-refractivity contribution >= 4 is 0 Å². The molecule has 0 N–H and O–H groups in total. The van der Waals surface area contributed by atoms with Crippen LogP contribution in [-0.2, 0) is 0 Å². The van der Waals surface area contributed by atoms with E-state index in [1.165, 1.54) is 11.1 Å². The van der Waals surface area contributed by atoms with Gasteiger partial charge in [0.1, 0.15) is 0 Å². The average Bonchev–Trinajstić information content (AvgIpc) is 2.46. The summed E-state index contributed by atoms with van der Waals surface area (Å²) in [5, 5.41) is 0. The average molecular weight is 263 g/mol. The Morgan fingerprint density at radius 1 is 1.15 bits per heavy atom. The Bertz CT molecular complexity index is 643. The third-order valence-electron chi connectivity index (χ3n) is 3.27. The predicted molar refractivity (Wildman–Crippen MR) is 85.7 cm³/mol. The maximum atomic E-state index is 4.80. The van der Waals surface area contributed by atoms with Crippen LogP contribution in [0.15, 0.2) is 36.4 Å². The molecule has 0 unspecified atom stereocenters. The number of aromatic nitrogens is 1. The molecule has 1 nitrogen and oxygen atoms in total. The first-order chi connectivity index (χ1) is 9.63. The molecule has 1 aromatic heterocycles. The highest BCUT2D eigenvalue weighted by molar-refractivity contribution is 5.68. The van der Waals surface area contributed by atoms with Crippen LogP contribution in [0.2, 0.25) is 0 Å². The summed E-state index contributed by atoms with van der Waals surface area (Å²) in [5.41, 5.74) is 5.62. The minimum absolute atomic E-state index is 0.400. The number of pyridine rings is 1. The van der Waals surface area contributed by atoms with E-state index in [4.69, 9.17) is 4.98 Å². The zero-order valence-corrected chi connectivity index (χ0v) is 12.7. The van der Waals surface area contributed by atoms with Gasteiger partial charge >= 0.3 is 0 Å². The number of hydrogen-bond donors (Lipinski definition) is 0. The summed E-state index contributed by atoms with van der Waals surface area (Å²) >= 11 is 0. The van der Waals surface area contributed by atoms with Gasteiger partial charge in [0, 0.05) is 17.5 Å². The van der Waals surface area contributed by atoms with Gasteiger partial charge in [-0.3, -0.25) is 4.98 Å². The quantitative estimate of drug-likeness (QED) is 0.699. The second-order valence-corrected chi connectivity index (χ2v) is 5.23. The van der Waals surface area contributed by atoms with Gasteiger partial charge in [0.25, 0.3) is 0 Å². The second kappa shape index (κ2) is 6.39.